The number of hydrogen-bond donors (Lipinski definition) is 2. The number of carbonyl (C=O) groups is 3. The smallest absolute Gasteiger partial charge is 0.310 e. The number of carbonyl (C=O) groups excluding carboxylic acids is 3. The average Bonchev–Trinajstić information content (AvgIpc) is 2.53. The van der Waals surface area contributed by atoms with E-state index < -0.39 is 30.0 Å². The summed E-state index contributed by atoms with van der Waals surface area (Å²) in [5.74, 6) is -1.06. The number of ether oxygens (including phenoxy) is 2. The van der Waals surface area contributed by atoms with E-state index in [2.05, 4.69) is 17.2 Å². The number of fused-ring (bicyclic) bond motifs is 1. The molecule has 0 aromatic heterocycles. The monoisotopic (exact) mass is 318 g/mol. The summed E-state index contributed by atoms with van der Waals surface area (Å²) in [7, 11) is 0. The Morgan fingerprint density at radius 1 is 1.48 bits per heavy atom. The highest BCUT2D eigenvalue weighted by molar-refractivity contribution is 5.99. The predicted molar refractivity (Wildman–Crippen MR) is 82.9 cm³/mol. The van der Waals surface area contributed by atoms with E-state index in [9.17, 15) is 14.4 Å². The minimum Gasteiger partial charge on any atom is -0.478 e. The molecular formula is C16H18N2O5. The van der Waals surface area contributed by atoms with Gasteiger partial charge in [-0.1, -0.05) is 18.2 Å². The quantitative estimate of drug-likeness (QED) is 0.603. The van der Waals surface area contributed by atoms with Crippen molar-refractivity contribution in [3.63, 3.8) is 0 Å². The molecule has 1 aliphatic heterocycles. The van der Waals surface area contributed by atoms with Gasteiger partial charge in [0.25, 0.3) is 11.8 Å². The van der Waals surface area contributed by atoms with Gasteiger partial charge < -0.3 is 20.1 Å². The maximum atomic E-state index is 11.9. The first kappa shape index (κ1) is 16.5. The van der Waals surface area contributed by atoms with Crippen molar-refractivity contribution in [3.05, 3.63) is 36.9 Å². The lowest BCUT2D eigenvalue weighted by Crippen LogP contribution is -2.41. The summed E-state index contributed by atoms with van der Waals surface area (Å²) in [5.41, 5.74) is 0.555. The molecule has 0 saturated carbocycles. The first-order chi connectivity index (χ1) is 11.0. The number of anilines is 1. The largest absolute Gasteiger partial charge is 0.478 e. The second kappa shape index (κ2) is 7.44. The molecule has 0 bridgehead atoms. The molecule has 0 unspecified atom stereocenters. The normalized spacial score (nSPS) is 17.1. The van der Waals surface area contributed by atoms with Crippen LogP contribution in [0.25, 0.3) is 0 Å². The van der Waals surface area contributed by atoms with Gasteiger partial charge in [-0.15, -0.1) is 6.58 Å². The molecule has 2 N–H and O–H groups in total. The van der Waals surface area contributed by atoms with Crippen molar-refractivity contribution in [2.45, 2.75) is 25.6 Å². The summed E-state index contributed by atoms with van der Waals surface area (Å²) in [4.78, 5) is 35.4. The molecule has 1 aromatic rings. The summed E-state index contributed by atoms with van der Waals surface area (Å²) < 4.78 is 10.5. The van der Waals surface area contributed by atoms with Crippen LogP contribution in [0.2, 0.25) is 0 Å². The van der Waals surface area contributed by atoms with E-state index in [-0.39, 0.29) is 13.0 Å². The zero-order valence-corrected chi connectivity index (χ0v) is 12.7. The lowest BCUT2D eigenvalue weighted by atomic mass is 10.1. The Morgan fingerprint density at radius 2 is 2.22 bits per heavy atom. The second-order valence-electron chi connectivity index (χ2n) is 4.96. The van der Waals surface area contributed by atoms with Crippen LogP contribution in [-0.2, 0) is 19.1 Å². The summed E-state index contributed by atoms with van der Waals surface area (Å²) in [6.07, 6.45) is -0.703. The van der Waals surface area contributed by atoms with Crippen molar-refractivity contribution in [3.8, 4) is 5.75 Å². The number of amides is 2. The van der Waals surface area contributed by atoms with Gasteiger partial charge in [0.1, 0.15) is 5.75 Å². The molecule has 122 valence electrons. The Bertz CT molecular complexity index is 629. The van der Waals surface area contributed by atoms with E-state index in [0.29, 0.717) is 11.4 Å². The number of benzene rings is 1. The second-order valence-corrected chi connectivity index (χ2v) is 4.96. The molecule has 23 heavy (non-hydrogen) atoms. The molecular weight excluding hydrogens is 300 g/mol. The molecule has 0 radical (unpaired) electrons. The van der Waals surface area contributed by atoms with Gasteiger partial charge in [-0.3, -0.25) is 14.4 Å². The van der Waals surface area contributed by atoms with Gasteiger partial charge in [0.15, 0.2) is 12.2 Å². The molecule has 2 atom stereocenters. The van der Waals surface area contributed by atoms with Crippen molar-refractivity contribution >= 4 is 23.5 Å². The molecule has 1 heterocycles. The summed E-state index contributed by atoms with van der Waals surface area (Å²) in [6.45, 7) is 5.21. The van der Waals surface area contributed by atoms with Crippen LogP contribution in [-0.4, -0.2) is 36.5 Å². The molecule has 0 saturated heterocycles. The number of hydrogen-bond acceptors (Lipinski definition) is 5. The first-order valence-corrected chi connectivity index (χ1v) is 7.16. The van der Waals surface area contributed by atoms with Crippen molar-refractivity contribution in [2.75, 3.05) is 11.9 Å². The van der Waals surface area contributed by atoms with E-state index in [1.54, 1.807) is 24.3 Å². The van der Waals surface area contributed by atoms with E-state index in [1.807, 2.05) is 0 Å². The highest BCUT2D eigenvalue weighted by Gasteiger charge is 2.31. The Balaban J connectivity index is 1.89. The van der Waals surface area contributed by atoms with Gasteiger partial charge in [-0.05, 0) is 19.1 Å². The molecule has 0 fully saturated rings. The van der Waals surface area contributed by atoms with Gasteiger partial charge in [0.2, 0.25) is 0 Å². The Hall–Kier alpha value is -2.83. The zero-order valence-electron chi connectivity index (χ0n) is 12.7. The van der Waals surface area contributed by atoms with Gasteiger partial charge in [0, 0.05) is 6.54 Å². The topological polar surface area (TPSA) is 93.7 Å². The van der Waals surface area contributed by atoms with Gasteiger partial charge >= 0.3 is 5.97 Å². The number of para-hydroxylation sites is 2. The summed E-state index contributed by atoms with van der Waals surface area (Å²) >= 11 is 0. The lowest BCUT2D eigenvalue weighted by Gasteiger charge is -2.25. The minimum absolute atomic E-state index is 0.279. The van der Waals surface area contributed by atoms with Crippen LogP contribution in [0.1, 0.15) is 13.3 Å². The third-order valence-electron chi connectivity index (χ3n) is 3.16. The predicted octanol–water partition coefficient (Wildman–Crippen LogP) is 1.01. The summed E-state index contributed by atoms with van der Waals surface area (Å²) in [5, 5.41) is 5.18. The van der Waals surface area contributed by atoms with Crippen LogP contribution in [0.4, 0.5) is 5.69 Å². The molecule has 7 nitrogen and oxygen atoms in total. The molecule has 2 amide bonds. The van der Waals surface area contributed by atoms with Crippen LogP contribution in [0.5, 0.6) is 5.75 Å². The molecule has 0 aliphatic carbocycles. The number of nitrogens with one attached hydrogen (secondary N) is 2. The maximum absolute atomic E-state index is 11.9. The van der Waals surface area contributed by atoms with Gasteiger partial charge in [-0.25, -0.2) is 0 Å². The molecule has 0 spiro atoms. The van der Waals surface area contributed by atoms with Crippen LogP contribution in [0.15, 0.2) is 36.9 Å². The van der Waals surface area contributed by atoms with Crippen molar-refractivity contribution in [2.24, 2.45) is 0 Å². The molecule has 1 aromatic carbocycles. The van der Waals surface area contributed by atoms with E-state index in [4.69, 9.17) is 9.47 Å². The van der Waals surface area contributed by atoms with E-state index in [0.717, 1.165) is 0 Å². The first-order valence-electron chi connectivity index (χ1n) is 7.16. The third kappa shape index (κ3) is 4.32. The van der Waals surface area contributed by atoms with Crippen molar-refractivity contribution < 1.29 is 23.9 Å². The van der Waals surface area contributed by atoms with E-state index in [1.165, 1.54) is 13.0 Å². The Morgan fingerprint density at radius 3 is 2.96 bits per heavy atom. The lowest BCUT2D eigenvalue weighted by molar-refractivity contribution is -0.157. The molecule has 7 heteroatoms. The highest BCUT2D eigenvalue weighted by Crippen LogP contribution is 2.29. The zero-order chi connectivity index (χ0) is 16.8. The van der Waals surface area contributed by atoms with E-state index >= 15 is 0 Å². The Kier molecular flexibility index (Phi) is 5.35. The van der Waals surface area contributed by atoms with Gasteiger partial charge in [-0.2, -0.15) is 0 Å². The van der Waals surface area contributed by atoms with Crippen LogP contribution in [0, 0.1) is 0 Å². The fourth-order valence-corrected chi connectivity index (χ4v) is 1.99. The number of esters is 1. The van der Waals surface area contributed by atoms with Gasteiger partial charge in [0.05, 0.1) is 12.1 Å². The number of rotatable bonds is 6. The average molecular weight is 318 g/mol. The summed E-state index contributed by atoms with van der Waals surface area (Å²) in [6, 6.07) is 6.92. The minimum atomic E-state index is -0.985. The maximum Gasteiger partial charge on any atom is 0.310 e. The van der Waals surface area contributed by atoms with Crippen LogP contribution >= 0.6 is 0 Å². The van der Waals surface area contributed by atoms with Crippen molar-refractivity contribution in [1.82, 2.24) is 5.32 Å². The molecule has 1 aliphatic rings. The van der Waals surface area contributed by atoms with Crippen molar-refractivity contribution in [1.29, 1.82) is 0 Å². The fourth-order valence-electron chi connectivity index (χ4n) is 1.99. The SMILES string of the molecule is C=CCNC(=O)[C@@H](C)OC(=O)C[C@H]1Oc2ccccc2NC1=O. The molecule has 2 rings (SSSR count). The fraction of sp³-hybridized carbons (Fsp3) is 0.312. The third-order valence-corrected chi connectivity index (χ3v) is 3.16. The van der Waals surface area contributed by atoms with Crippen LogP contribution in [0.3, 0.4) is 0 Å². The standard InChI is InChI=1S/C16H18N2O5/c1-3-8-17-15(20)10(2)22-14(19)9-13-16(21)18-11-6-4-5-7-12(11)23-13/h3-7,10,13H,1,8-9H2,2H3,(H,17,20)(H,18,21)/t10-,13-/m1/s1. The Labute approximate surface area is 133 Å². The highest BCUT2D eigenvalue weighted by atomic mass is 16.6. The van der Waals surface area contributed by atoms with Crippen LogP contribution < -0.4 is 15.4 Å².